The van der Waals surface area contributed by atoms with Gasteiger partial charge in [0.1, 0.15) is 0 Å². The van der Waals surface area contributed by atoms with Crippen LogP contribution in [0.1, 0.15) is 22.5 Å². The van der Waals surface area contributed by atoms with Gasteiger partial charge < -0.3 is 10.2 Å². The van der Waals surface area contributed by atoms with E-state index in [0.717, 1.165) is 36.5 Å². The number of para-hydroxylation sites is 1. The van der Waals surface area contributed by atoms with E-state index >= 15 is 0 Å². The molecule has 3 aromatic rings. The zero-order chi connectivity index (χ0) is 19.3. The molecule has 5 heteroatoms. The van der Waals surface area contributed by atoms with Crippen LogP contribution in [0.2, 0.25) is 0 Å². The van der Waals surface area contributed by atoms with Crippen LogP contribution in [0, 0.1) is 12.8 Å². The lowest BCUT2D eigenvalue weighted by Gasteiger charge is -2.18. The van der Waals surface area contributed by atoms with E-state index in [1.807, 2.05) is 49.4 Å². The summed E-state index contributed by atoms with van der Waals surface area (Å²) in [5.41, 5.74) is 4.58. The average Bonchev–Trinajstić information content (AvgIpc) is 3.22. The largest absolute Gasteiger partial charge is 0.371 e. The molecule has 1 atom stereocenters. The van der Waals surface area contributed by atoms with E-state index < -0.39 is 0 Å². The molecule has 1 aliphatic heterocycles. The van der Waals surface area contributed by atoms with Crippen molar-refractivity contribution in [3.8, 4) is 11.3 Å². The van der Waals surface area contributed by atoms with Crippen molar-refractivity contribution in [2.45, 2.75) is 13.3 Å². The van der Waals surface area contributed by atoms with E-state index in [1.54, 1.807) is 0 Å². The summed E-state index contributed by atoms with van der Waals surface area (Å²) in [5.74, 6) is 0.450. The molecule has 1 aliphatic rings. The molecule has 2 aromatic carbocycles. The number of rotatable bonds is 5. The Kier molecular flexibility index (Phi) is 5.33. The number of nitrogens with one attached hydrogen (secondary N) is 1. The van der Waals surface area contributed by atoms with Crippen molar-refractivity contribution < 1.29 is 4.79 Å². The predicted molar refractivity (Wildman–Crippen MR) is 111 cm³/mol. The number of nitrogens with zero attached hydrogens (tertiary/aromatic N) is 3. The number of carbonyl (C=O) groups is 1. The van der Waals surface area contributed by atoms with Gasteiger partial charge in [0.05, 0.1) is 11.4 Å². The summed E-state index contributed by atoms with van der Waals surface area (Å²) < 4.78 is 0. The molecule has 1 amide bonds. The number of aryl methyl sites for hydroxylation is 1. The molecule has 142 valence electrons. The van der Waals surface area contributed by atoms with E-state index in [9.17, 15) is 4.79 Å². The predicted octanol–water partition coefficient (Wildman–Crippen LogP) is 3.71. The lowest BCUT2D eigenvalue weighted by Crippen LogP contribution is -2.31. The Labute approximate surface area is 165 Å². The topological polar surface area (TPSA) is 58.1 Å². The highest BCUT2D eigenvalue weighted by Crippen LogP contribution is 2.23. The number of hydrogen-bond acceptors (Lipinski definition) is 4. The fraction of sp³-hybridized carbons (Fsp3) is 0.261. The standard InChI is InChI=1S/C23H24N4O/c1-17-7-12-22(26-25-17)19-8-10-20(11-9-19)23(28)24-15-18-13-14-27(16-18)21-5-3-2-4-6-21/h2-12,18H,13-16H2,1H3,(H,24,28)/t18-/m0/s1. The summed E-state index contributed by atoms with van der Waals surface area (Å²) in [6.07, 6.45) is 1.10. The Morgan fingerprint density at radius 3 is 2.54 bits per heavy atom. The first-order chi connectivity index (χ1) is 13.7. The van der Waals surface area contributed by atoms with E-state index in [4.69, 9.17) is 0 Å². The van der Waals surface area contributed by atoms with Crippen LogP contribution in [0.3, 0.4) is 0 Å². The van der Waals surface area contributed by atoms with Crippen molar-refractivity contribution in [2.75, 3.05) is 24.5 Å². The second-order valence-corrected chi connectivity index (χ2v) is 7.28. The zero-order valence-corrected chi connectivity index (χ0v) is 16.0. The maximum Gasteiger partial charge on any atom is 0.251 e. The molecule has 0 saturated carbocycles. The Morgan fingerprint density at radius 1 is 1.04 bits per heavy atom. The fourth-order valence-electron chi connectivity index (χ4n) is 3.56. The molecule has 4 rings (SSSR count). The minimum absolute atomic E-state index is 0.0281. The smallest absolute Gasteiger partial charge is 0.251 e. The van der Waals surface area contributed by atoms with Crippen molar-refractivity contribution >= 4 is 11.6 Å². The van der Waals surface area contributed by atoms with Gasteiger partial charge in [-0.15, -0.1) is 0 Å². The van der Waals surface area contributed by atoms with Gasteiger partial charge in [-0.05, 0) is 55.7 Å². The van der Waals surface area contributed by atoms with E-state index in [-0.39, 0.29) is 5.91 Å². The SMILES string of the molecule is Cc1ccc(-c2ccc(C(=O)NC[C@@H]3CCN(c4ccccc4)C3)cc2)nn1. The number of hydrogen-bond donors (Lipinski definition) is 1. The van der Waals surface area contributed by atoms with Crippen molar-refractivity contribution in [2.24, 2.45) is 5.92 Å². The number of amides is 1. The molecule has 1 N–H and O–H groups in total. The quantitative estimate of drug-likeness (QED) is 0.742. The van der Waals surface area contributed by atoms with Crippen LogP contribution in [-0.2, 0) is 0 Å². The Bertz CT molecular complexity index is 923. The number of aromatic nitrogens is 2. The van der Waals surface area contributed by atoms with Gasteiger partial charge >= 0.3 is 0 Å². The van der Waals surface area contributed by atoms with Gasteiger partial charge in [0, 0.05) is 36.4 Å². The summed E-state index contributed by atoms with van der Waals surface area (Å²) in [6, 6.07) is 21.8. The van der Waals surface area contributed by atoms with Crippen LogP contribution in [-0.4, -0.2) is 35.7 Å². The van der Waals surface area contributed by atoms with E-state index in [0.29, 0.717) is 18.0 Å². The van der Waals surface area contributed by atoms with Crippen molar-refractivity contribution in [3.05, 3.63) is 78.0 Å². The van der Waals surface area contributed by atoms with Gasteiger partial charge in [0.15, 0.2) is 0 Å². The second kappa shape index (κ2) is 8.21. The third-order valence-corrected chi connectivity index (χ3v) is 5.20. The molecule has 1 fully saturated rings. The van der Waals surface area contributed by atoms with Crippen molar-refractivity contribution in [1.82, 2.24) is 15.5 Å². The van der Waals surface area contributed by atoms with Crippen LogP contribution in [0.25, 0.3) is 11.3 Å². The third kappa shape index (κ3) is 4.19. The second-order valence-electron chi connectivity index (χ2n) is 7.28. The molecule has 0 radical (unpaired) electrons. The normalized spacial score (nSPS) is 16.2. The van der Waals surface area contributed by atoms with Gasteiger partial charge in [-0.1, -0.05) is 30.3 Å². The Hall–Kier alpha value is -3.21. The highest BCUT2D eigenvalue weighted by Gasteiger charge is 2.23. The van der Waals surface area contributed by atoms with Gasteiger partial charge in [-0.2, -0.15) is 10.2 Å². The summed E-state index contributed by atoms with van der Waals surface area (Å²) in [5, 5.41) is 11.4. The Morgan fingerprint density at radius 2 is 1.82 bits per heavy atom. The van der Waals surface area contributed by atoms with Crippen LogP contribution in [0.15, 0.2) is 66.7 Å². The van der Waals surface area contributed by atoms with Gasteiger partial charge in [-0.25, -0.2) is 0 Å². The molecule has 2 heterocycles. The highest BCUT2D eigenvalue weighted by molar-refractivity contribution is 5.94. The van der Waals surface area contributed by atoms with E-state index in [1.165, 1.54) is 5.69 Å². The first-order valence-corrected chi connectivity index (χ1v) is 9.68. The molecule has 0 spiro atoms. The highest BCUT2D eigenvalue weighted by atomic mass is 16.1. The Balaban J connectivity index is 1.31. The minimum atomic E-state index is -0.0281. The van der Waals surface area contributed by atoms with Gasteiger partial charge in [-0.3, -0.25) is 4.79 Å². The first-order valence-electron chi connectivity index (χ1n) is 9.68. The summed E-state index contributed by atoms with van der Waals surface area (Å²) in [4.78, 5) is 14.9. The summed E-state index contributed by atoms with van der Waals surface area (Å²) in [6.45, 7) is 4.63. The average molecular weight is 372 g/mol. The summed E-state index contributed by atoms with van der Waals surface area (Å²) in [7, 11) is 0. The van der Waals surface area contributed by atoms with Crippen LogP contribution >= 0.6 is 0 Å². The van der Waals surface area contributed by atoms with Gasteiger partial charge in [0.2, 0.25) is 0 Å². The number of carbonyl (C=O) groups excluding carboxylic acids is 1. The molecular formula is C23H24N4O. The summed E-state index contributed by atoms with van der Waals surface area (Å²) >= 11 is 0. The molecule has 28 heavy (non-hydrogen) atoms. The number of benzene rings is 2. The molecule has 1 aromatic heterocycles. The first kappa shape index (κ1) is 18.2. The van der Waals surface area contributed by atoms with Crippen LogP contribution in [0.4, 0.5) is 5.69 Å². The van der Waals surface area contributed by atoms with Gasteiger partial charge in [0.25, 0.3) is 5.91 Å². The monoisotopic (exact) mass is 372 g/mol. The van der Waals surface area contributed by atoms with Crippen LogP contribution < -0.4 is 10.2 Å². The lowest BCUT2D eigenvalue weighted by molar-refractivity contribution is 0.0948. The minimum Gasteiger partial charge on any atom is -0.371 e. The molecular weight excluding hydrogens is 348 g/mol. The maximum absolute atomic E-state index is 12.5. The molecule has 0 bridgehead atoms. The molecule has 0 unspecified atom stereocenters. The number of anilines is 1. The molecule has 1 saturated heterocycles. The van der Waals surface area contributed by atoms with Crippen molar-refractivity contribution in [3.63, 3.8) is 0 Å². The van der Waals surface area contributed by atoms with Crippen LogP contribution in [0.5, 0.6) is 0 Å². The third-order valence-electron chi connectivity index (χ3n) is 5.20. The van der Waals surface area contributed by atoms with E-state index in [2.05, 4.69) is 44.7 Å². The molecule has 5 nitrogen and oxygen atoms in total. The maximum atomic E-state index is 12.5. The zero-order valence-electron chi connectivity index (χ0n) is 16.0. The lowest BCUT2D eigenvalue weighted by atomic mass is 10.1. The fourth-order valence-corrected chi connectivity index (χ4v) is 3.56. The molecule has 0 aliphatic carbocycles. The van der Waals surface area contributed by atoms with Crippen molar-refractivity contribution in [1.29, 1.82) is 0 Å².